The van der Waals surface area contributed by atoms with Crippen LogP contribution in [0.1, 0.15) is 13.3 Å². The molecule has 2 N–H and O–H groups in total. The van der Waals surface area contributed by atoms with E-state index in [1.807, 2.05) is 6.07 Å². The van der Waals surface area contributed by atoms with Crippen LogP contribution >= 0.6 is 0 Å². The van der Waals surface area contributed by atoms with Gasteiger partial charge < -0.3 is 19.9 Å². The zero-order valence-electron chi connectivity index (χ0n) is 14.4. The Balaban J connectivity index is 1.60. The predicted octanol–water partition coefficient (Wildman–Crippen LogP) is 3.13. The van der Waals surface area contributed by atoms with Crippen molar-refractivity contribution in [3.8, 4) is 0 Å². The van der Waals surface area contributed by atoms with Crippen molar-refractivity contribution in [3.05, 3.63) is 42.5 Å². The Bertz CT molecular complexity index is 910. The number of aryl methyl sites for hydroxylation is 1. The number of para-hydroxylation sites is 1. The molecule has 0 bridgehead atoms. The van der Waals surface area contributed by atoms with E-state index in [0.29, 0.717) is 13.0 Å². The fraction of sp³-hybridized carbons (Fsp3) is 0.350. The Labute approximate surface area is 147 Å². The fourth-order valence-electron chi connectivity index (χ4n) is 3.66. The van der Waals surface area contributed by atoms with E-state index in [4.69, 9.17) is 4.74 Å². The summed E-state index contributed by atoms with van der Waals surface area (Å²) in [7, 11) is 0. The van der Waals surface area contributed by atoms with Gasteiger partial charge in [-0.2, -0.15) is 0 Å². The molecule has 1 aliphatic rings. The summed E-state index contributed by atoms with van der Waals surface area (Å²) >= 11 is 0. The molecular weight excluding hydrogens is 314 g/mol. The molecule has 0 radical (unpaired) electrons. The Morgan fingerprint density at radius 1 is 1.24 bits per heavy atom. The van der Waals surface area contributed by atoms with Crippen molar-refractivity contribution in [3.63, 3.8) is 0 Å². The van der Waals surface area contributed by atoms with Gasteiger partial charge in [-0.15, -0.1) is 0 Å². The van der Waals surface area contributed by atoms with E-state index in [9.17, 15) is 4.79 Å². The molecule has 130 valence electrons. The predicted molar refractivity (Wildman–Crippen MR) is 101 cm³/mol. The number of fused-ring (bicyclic) bond motifs is 3. The lowest BCUT2D eigenvalue weighted by molar-refractivity contribution is -0.117. The first-order chi connectivity index (χ1) is 12.3. The average Bonchev–Trinajstić information content (AvgIpc) is 2.95. The average molecular weight is 337 g/mol. The molecule has 3 aromatic rings. The van der Waals surface area contributed by atoms with Gasteiger partial charge in [0.25, 0.3) is 0 Å². The molecule has 5 nitrogen and oxygen atoms in total. The second-order valence-corrected chi connectivity index (χ2v) is 6.47. The molecule has 1 unspecified atom stereocenters. The van der Waals surface area contributed by atoms with E-state index in [0.717, 1.165) is 25.4 Å². The van der Waals surface area contributed by atoms with Crippen LogP contribution in [-0.4, -0.2) is 36.3 Å². The van der Waals surface area contributed by atoms with Gasteiger partial charge in [-0.3, -0.25) is 4.79 Å². The van der Waals surface area contributed by atoms with Crippen molar-refractivity contribution < 1.29 is 9.53 Å². The zero-order chi connectivity index (χ0) is 17.2. The van der Waals surface area contributed by atoms with E-state index < -0.39 is 0 Å². The third kappa shape index (κ3) is 3.13. The van der Waals surface area contributed by atoms with Crippen LogP contribution in [-0.2, 0) is 16.1 Å². The van der Waals surface area contributed by atoms with Crippen LogP contribution in [0.5, 0.6) is 0 Å². The summed E-state index contributed by atoms with van der Waals surface area (Å²) in [5.74, 6) is 0.0154. The summed E-state index contributed by atoms with van der Waals surface area (Å²) in [6.45, 7) is 5.19. The van der Waals surface area contributed by atoms with Crippen LogP contribution in [0.4, 0.5) is 5.69 Å². The Kier molecular flexibility index (Phi) is 4.42. The number of aromatic nitrogens is 1. The molecule has 1 amide bonds. The molecular formula is C20H23N3O2. The highest BCUT2D eigenvalue weighted by molar-refractivity contribution is 6.09. The van der Waals surface area contributed by atoms with Gasteiger partial charge in [0.05, 0.1) is 13.2 Å². The molecule has 0 saturated carbocycles. The molecule has 1 saturated heterocycles. The largest absolute Gasteiger partial charge is 0.378 e. The van der Waals surface area contributed by atoms with E-state index in [2.05, 4.69) is 58.5 Å². The number of hydrogen-bond acceptors (Lipinski definition) is 3. The SMILES string of the molecule is CCn1c2ccccc2c2cc(NC(=O)CC3COCCN3)ccc21. The molecule has 1 fully saturated rings. The molecule has 25 heavy (non-hydrogen) atoms. The lowest BCUT2D eigenvalue weighted by Crippen LogP contribution is -2.43. The van der Waals surface area contributed by atoms with Gasteiger partial charge in [-0.1, -0.05) is 18.2 Å². The van der Waals surface area contributed by atoms with Crippen molar-refractivity contribution >= 4 is 33.4 Å². The Morgan fingerprint density at radius 3 is 2.88 bits per heavy atom. The van der Waals surface area contributed by atoms with Crippen molar-refractivity contribution in [1.29, 1.82) is 0 Å². The van der Waals surface area contributed by atoms with Gasteiger partial charge in [0.2, 0.25) is 5.91 Å². The molecule has 5 heteroatoms. The number of rotatable bonds is 4. The van der Waals surface area contributed by atoms with Gasteiger partial charge in [0.1, 0.15) is 0 Å². The number of nitrogens with zero attached hydrogens (tertiary/aromatic N) is 1. The maximum Gasteiger partial charge on any atom is 0.226 e. The second-order valence-electron chi connectivity index (χ2n) is 6.47. The number of ether oxygens (including phenoxy) is 1. The summed E-state index contributed by atoms with van der Waals surface area (Å²) < 4.78 is 7.71. The zero-order valence-corrected chi connectivity index (χ0v) is 14.4. The molecule has 1 aromatic heterocycles. The van der Waals surface area contributed by atoms with Gasteiger partial charge in [0.15, 0.2) is 0 Å². The molecule has 1 atom stereocenters. The molecule has 1 aliphatic heterocycles. The highest BCUT2D eigenvalue weighted by atomic mass is 16.5. The number of morpholine rings is 1. The lowest BCUT2D eigenvalue weighted by Gasteiger charge is -2.23. The Hall–Kier alpha value is -2.37. The second kappa shape index (κ2) is 6.86. The standard InChI is InChI=1S/C20H23N3O2/c1-2-23-18-6-4-3-5-16(18)17-11-14(7-8-19(17)23)22-20(24)12-15-13-25-10-9-21-15/h3-8,11,15,21H,2,9-10,12-13H2,1H3,(H,22,24). The van der Waals surface area contributed by atoms with Crippen LogP contribution in [0.3, 0.4) is 0 Å². The summed E-state index contributed by atoms with van der Waals surface area (Å²) in [5.41, 5.74) is 3.27. The topological polar surface area (TPSA) is 55.3 Å². The number of benzene rings is 2. The monoisotopic (exact) mass is 337 g/mol. The smallest absolute Gasteiger partial charge is 0.226 e. The third-order valence-electron chi connectivity index (χ3n) is 4.80. The summed E-state index contributed by atoms with van der Waals surface area (Å²) in [6, 6.07) is 14.7. The number of carbonyl (C=O) groups is 1. The lowest BCUT2D eigenvalue weighted by atomic mass is 10.1. The summed E-state index contributed by atoms with van der Waals surface area (Å²) in [4.78, 5) is 12.3. The summed E-state index contributed by atoms with van der Waals surface area (Å²) in [5, 5.41) is 8.74. The first kappa shape index (κ1) is 16.1. The van der Waals surface area contributed by atoms with Gasteiger partial charge >= 0.3 is 0 Å². The molecule has 0 aliphatic carbocycles. The van der Waals surface area contributed by atoms with Gasteiger partial charge in [-0.05, 0) is 31.2 Å². The van der Waals surface area contributed by atoms with Crippen molar-refractivity contribution in [2.45, 2.75) is 25.9 Å². The van der Waals surface area contributed by atoms with Gasteiger partial charge in [-0.25, -0.2) is 0 Å². The van der Waals surface area contributed by atoms with Crippen molar-refractivity contribution in [2.24, 2.45) is 0 Å². The molecule has 0 spiro atoms. The van der Waals surface area contributed by atoms with Crippen molar-refractivity contribution in [1.82, 2.24) is 9.88 Å². The minimum absolute atomic E-state index is 0.0154. The van der Waals surface area contributed by atoms with Crippen LogP contribution < -0.4 is 10.6 Å². The third-order valence-corrected chi connectivity index (χ3v) is 4.80. The number of hydrogen-bond donors (Lipinski definition) is 2. The first-order valence-electron chi connectivity index (χ1n) is 8.88. The maximum absolute atomic E-state index is 12.3. The van der Waals surface area contributed by atoms with E-state index in [1.165, 1.54) is 21.8 Å². The van der Waals surface area contributed by atoms with Crippen molar-refractivity contribution in [2.75, 3.05) is 25.1 Å². The highest BCUT2D eigenvalue weighted by Gasteiger charge is 2.17. The van der Waals surface area contributed by atoms with Crippen LogP contribution in [0.2, 0.25) is 0 Å². The minimum atomic E-state index is 0.0154. The Morgan fingerprint density at radius 2 is 2.08 bits per heavy atom. The number of anilines is 1. The molecule has 4 rings (SSSR count). The van der Waals surface area contributed by atoms with Crippen LogP contribution in [0.15, 0.2) is 42.5 Å². The number of carbonyl (C=O) groups excluding carboxylic acids is 1. The van der Waals surface area contributed by atoms with Crippen LogP contribution in [0, 0.1) is 0 Å². The minimum Gasteiger partial charge on any atom is -0.378 e. The fourth-order valence-corrected chi connectivity index (χ4v) is 3.66. The van der Waals surface area contributed by atoms with E-state index in [-0.39, 0.29) is 11.9 Å². The van der Waals surface area contributed by atoms with E-state index in [1.54, 1.807) is 0 Å². The number of amides is 1. The number of nitrogens with one attached hydrogen (secondary N) is 2. The van der Waals surface area contributed by atoms with Crippen LogP contribution in [0.25, 0.3) is 21.8 Å². The van der Waals surface area contributed by atoms with Gasteiger partial charge in [0, 0.05) is 53.0 Å². The first-order valence-corrected chi connectivity index (χ1v) is 8.88. The maximum atomic E-state index is 12.3. The highest BCUT2D eigenvalue weighted by Crippen LogP contribution is 2.31. The molecule has 2 aromatic carbocycles. The quantitative estimate of drug-likeness (QED) is 0.769. The normalized spacial score (nSPS) is 17.9. The summed E-state index contributed by atoms with van der Waals surface area (Å²) in [6.07, 6.45) is 0.425. The van der Waals surface area contributed by atoms with E-state index >= 15 is 0 Å². The molecule has 2 heterocycles.